The van der Waals surface area contributed by atoms with E-state index < -0.39 is 35.3 Å². The van der Waals surface area contributed by atoms with Gasteiger partial charge in [-0.05, 0) is 12.1 Å². The topological polar surface area (TPSA) is 174 Å². The summed E-state index contributed by atoms with van der Waals surface area (Å²) in [5.74, 6) is -2.38. The molecule has 0 spiro atoms. The van der Waals surface area contributed by atoms with Crippen molar-refractivity contribution in [2.24, 2.45) is 10.9 Å². The van der Waals surface area contributed by atoms with Gasteiger partial charge >= 0.3 is 12.1 Å². The average molecular weight is 447 g/mol. The first kappa shape index (κ1) is 23.8. The van der Waals surface area contributed by atoms with Gasteiger partial charge in [0.05, 0.1) is 6.26 Å². The molecule has 2 atom stereocenters. The molecule has 0 aliphatic carbocycles. The van der Waals surface area contributed by atoms with Crippen molar-refractivity contribution in [2.75, 3.05) is 19.5 Å². The second kappa shape index (κ2) is 10.0. The monoisotopic (exact) mass is 447 g/mol. The van der Waals surface area contributed by atoms with Crippen molar-refractivity contribution in [3.05, 3.63) is 35.4 Å². The number of nitrogens with one attached hydrogen (secondary N) is 1. The number of amides is 3. The van der Waals surface area contributed by atoms with Crippen LogP contribution in [0.5, 0.6) is 0 Å². The van der Waals surface area contributed by atoms with E-state index in [1.165, 1.54) is 31.2 Å². The molecule has 1 radical (unpaired) electrons. The molecule has 0 bridgehead atoms. The van der Waals surface area contributed by atoms with Gasteiger partial charge in [-0.3, -0.25) is 14.5 Å². The van der Waals surface area contributed by atoms with E-state index in [4.69, 9.17) is 10.2 Å². The van der Waals surface area contributed by atoms with E-state index in [2.05, 4.69) is 20.0 Å². The summed E-state index contributed by atoms with van der Waals surface area (Å²) in [6.45, 7) is -0.347. The van der Waals surface area contributed by atoms with Gasteiger partial charge in [-0.15, -0.1) is 11.8 Å². The Kier molecular flexibility index (Phi) is 7.95. The Balaban J connectivity index is 0.00000320. The van der Waals surface area contributed by atoms with Crippen molar-refractivity contribution in [1.82, 2.24) is 10.2 Å². The summed E-state index contributed by atoms with van der Waals surface area (Å²) in [6.07, 6.45) is 0.290. The van der Waals surface area contributed by atoms with Gasteiger partial charge in [-0.25, -0.2) is 9.59 Å². The predicted molar refractivity (Wildman–Crippen MR) is 103 cm³/mol. The van der Waals surface area contributed by atoms with Crippen molar-refractivity contribution in [1.29, 1.82) is 0 Å². The van der Waals surface area contributed by atoms with Gasteiger partial charge in [0.2, 0.25) is 5.71 Å². The van der Waals surface area contributed by atoms with Gasteiger partial charge in [-0.2, -0.15) is 0 Å². The molecule has 30 heavy (non-hydrogen) atoms. The molecule has 0 aromatic carbocycles. The van der Waals surface area contributed by atoms with Gasteiger partial charge in [0, 0.05) is 40.9 Å². The van der Waals surface area contributed by atoms with E-state index >= 15 is 0 Å². The minimum absolute atomic E-state index is 0. The van der Waals surface area contributed by atoms with Crippen LogP contribution in [-0.2, 0) is 24.0 Å². The van der Waals surface area contributed by atoms with Crippen LogP contribution in [0.3, 0.4) is 0 Å². The fourth-order valence-electron chi connectivity index (χ4n) is 2.87. The van der Waals surface area contributed by atoms with Crippen LogP contribution in [0.2, 0.25) is 0 Å². The molecular formula is C16H16N4NaO8S. The minimum Gasteiger partial charge on any atom is -0.477 e. The number of rotatable bonds is 7. The summed E-state index contributed by atoms with van der Waals surface area (Å²) in [6, 6.07) is 2.08. The summed E-state index contributed by atoms with van der Waals surface area (Å²) in [5, 5.41) is 15.0. The molecule has 0 saturated carbocycles. The Morgan fingerprint density at radius 1 is 1.47 bits per heavy atom. The standard InChI is InChI=1S/C16H16N4O8S.Na/c1-26-19-9(8-3-2-4-27-8)12(21)18-10-13(22)20-11(15(23)24)7(5-28-16(17)25)6-29-14(10)20;/h2-4,10,14H,5-6H2,1H3,(H2,17,25)(H,18,21)(H,23,24);. The average Bonchev–Trinajstić information content (AvgIpc) is 3.21. The largest absolute Gasteiger partial charge is 0.477 e. The minimum atomic E-state index is -1.35. The predicted octanol–water partition coefficient (Wildman–Crippen LogP) is -0.917. The van der Waals surface area contributed by atoms with E-state index in [1.807, 2.05) is 0 Å². The Labute approximate surface area is 196 Å². The molecule has 1 aromatic heterocycles. The molecule has 1 aromatic rings. The number of hydrogen-bond acceptors (Lipinski definition) is 9. The van der Waals surface area contributed by atoms with Crippen molar-refractivity contribution >= 4 is 70.9 Å². The second-order valence-electron chi connectivity index (χ2n) is 5.83. The van der Waals surface area contributed by atoms with Gasteiger partial charge < -0.3 is 30.1 Å². The molecule has 3 amide bonds. The number of nitrogens with zero attached hydrogens (tertiary/aromatic N) is 2. The van der Waals surface area contributed by atoms with Crippen molar-refractivity contribution in [2.45, 2.75) is 11.4 Å². The number of oxime groups is 1. The number of primary amides is 1. The molecule has 2 unspecified atom stereocenters. The van der Waals surface area contributed by atoms with E-state index in [1.54, 1.807) is 6.07 Å². The SMILES string of the molecule is CON=C(C(=O)NC1C(=O)N2C(C(=O)O)=C(COC(N)=O)CSC12)c1ccco1.[Na]. The van der Waals surface area contributed by atoms with Crippen LogP contribution in [0, 0.1) is 0 Å². The van der Waals surface area contributed by atoms with E-state index in [9.17, 15) is 24.3 Å². The number of fused-ring (bicyclic) bond motifs is 1. The van der Waals surface area contributed by atoms with E-state index in [-0.39, 0.29) is 64.7 Å². The summed E-state index contributed by atoms with van der Waals surface area (Å²) in [4.78, 5) is 53.3. The maximum atomic E-state index is 12.6. The Morgan fingerprint density at radius 3 is 2.77 bits per heavy atom. The second-order valence-corrected chi connectivity index (χ2v) is 6.93. The first-order valence-corrected chi connectivity index (χ1v) is 9.18. The number of carbonyl (C=O) groups is 4. The quantitative estimate of drug-likeness (QED) is 0.207. The Hall–Kier alpha value is -2.48. The smallest absolute Gasteiger partial charge is 0.404 e. The zero-order valence-electron chi connectivity index (χ0n) is 16.0. The molecule has 2 aliphatic heterocycles. The molecule has 12 nitrogen and oxygen atoms in total. The summed E-state index contributed by atoms with van der Waals surface area (Å²) >= 11 is 1.21. The zero-order chi connectivity index (χ0) is 21.1. The number of thioether (sulfide) groups is 1. The van der Waals surface area contributed by atoms with Gasteiger partial charge in [0.25, 0.3) is 11.8 Å². The van der Waals surface area contributed by atoms with Gasteiger partial charge in [0.15, 0.2) is 5.76 Å². The molecule has 3 heterocycles. The Bertz CT molecular complexity index is 916. The van der Waals surface area contributed by atoms with E-state index in [0.717, 1.165) is 4.90 Å². The maximum absolute atomic E-state index is 12.6. The molecule has 1 saturated heterocycles. The van der Waals surface area contributed by atoms with Crippen LogP contribution in [0.4, 0.5) is 4.79 Å². The van der Waals surface area contributed by atoms with Crippen molar-refractivity contribution in [3.8, 4) is 0 Å². The number of carboxylic acid groups (broad SMARTS) is 1. The van der Waals surface area contributed by atoms with Crippen LogP contribution < -0.4 is 11.1 Å². The summed E-state index contributed by atoms with van der Waals surface area (Å²) < 4.78 is 9.79. The molecule has 14 heteroatoms. The fourth-order valence-corrected chi connectivity index (χ4v) is 4.19. The van der Waals surface area contributed by atoms with Crippen LogP contribution in [0.15, 0.2) is 39.2 Å². The Morgan fingerprint density at radius 2 is 2.20 bits per heavy atom. The number of nitrogens with two attached hydrogens (primary N) is 1. The van der Waals surface area contributed by atoms with Crippen LogP contribution in [0.1, 0.15) is 5.76 Å². The number of hydrogen-bond donors (Lipinski definition) is 3. The van der Waals surface area contributed by atoms with Gasteiger partial charge in [-0.1, -0.05) is 5.16 Å². The van der Waals surface area contributed by atoms with Crippen LogP contribution in [-0.4, -0.2) is 100 Å². The number of aliphatic carboxylic acids is 1. The molecule has 1 fully saturated rings. The number of carboxylic acids is 1. The third-order valence-electron chi connectivity index (χ3n) is 4.08. The molecule has 4 N–H and O–H groups in total. The third kappa shape index (κ3) is 4.64. The zero-order valence-corrected chi connectivity index (χ0v) is 18.8. The molecule has 155 valence electrons. The maximum Gasteiger partial charge on any atom is 0.404 e. The van der Waals surface area contributed by atoms with Crippen LogP contribution in [0.25, 0.3) is 0 Å². The fraction of sp³-hybridized carbons (Fsp3) is 0.312. The summed E-state index contributed by atoms with van der Waals surface area (Å²) in [5.41, 5.74) is 4.68. The molecular weight excluding hydrogens is 431 g/mol. The number of carbonyl (C=O) groups excluding carboxylic acids is 3. The van der Waals surface area contributed by atoms with Crippen LogP contribution >= 0.6 is 11.8 Å². The van der Waals surface area contributed by atoms with Gasteiger partial charge in [0.1, 0.15) is 30.8 Å². The summed E-state index contributed by atoms with van der Waals surface area (Å²) in [7, 11) is 1.25. The third-order valence-corrected chi connectivity index (χ3v) is 5.42. The molecule has 3 rings (SSSR count). The van der Waals surface area contributed by atoms with Crippen molar-refractivity contribution in [3.63, 3.8) is 0 Å². The number of ether oxygens (including phenoxy) is 1. The van der Waals surface area contributed by atoms with Crippen molar-refractivity contribution < 1.29 is 38.3 Å². The normalized spacial score (nSPS) is 20.5. The first-order chi connectivity index (χ1) is 13.8. The molecule has 2 aliphatic rings. The number of furan rings is 1. The van der Waals surface area contributed by atoms with E-state index in [0.29, 0.717) is 0 Å². The first-order valence-electron chi connectivity index (χ1n) is 8.13. The number of β-lactam (4-membered cyclic amide) rings is 1.